The van der Waals surface area contributed by atoms with E-state index in [1.54, 1.807) is 12.4 Å². The molecule has 0 N–H and O–H groups in total. The van der Waals surface area contributed by atoms with Gasteiger partial charge < -0.3 is 4.40 Å². The fourth-order valence-electron chi connectivity index (χ4n) is 2.48. The Kier molecular flexibility index (Phi) is 3.38. The second kappa shape index (κ2) is 5.45. The van der Waals surface area contributed by atoms with Gasteiger partial charge in [0.05, 0.1) is 11.3 Å². The summed E-state index contributed by atoms with van der Waals surface area (Å²) in [6, 6.07) is 10.1. The molecule has 120 valence electrons. The van der Waals surface area contributed by atoms with E-state index in [0.717, 1.165) is 28.4 Å². The number of nitrogens with zero attached hydrogens (tertiary/aromatic N) is 3. The summed E-state index contributed by atoms with van der Waals surface area (Å²) < 4.78 is 39.8. The minimum absolute atomic E-state index is 0.470. The number of fused-ring (bicyclic) bond motifs is 1. The van der Waals surface area contributed by atoms with Crippen LogP contribution in [0.25, 0.3) is 27.5 Å². The number of thiazole rings is 1. The van der Waals surface area contributed by atoms with Crippen LogP contribution in [0.15, 0.2) is 60.4 Å². The first-order valence-electron chi connectivity index (χ1n) is 7.07. The molecule has 1 aromatic carbocycles. The van der Waals surface area contributed by atoms with Crippen LogP contribution in [-0.2, 0) is 6.18 Å². The minimum Gasteiger partial charge on any atom is -0.306 e. The van der Waals surface area contributed by atoms with Crippen molar-refractivity contribution in [3.63, 3.8) is 0 Å². The number of hydrogen-bond donors (Lipinski definition) is 0. The molecule has 3 nitrogen and oxygen atoms in total. The highest BCUT2D eigenvalue weighted by atomic mass is 32.1. The molecule has 0 saturated heterocycles. The molecule has 7 heteroatoms. The molecule has 0 aliphatic rings. The average molecular weight is 345 g/mol. The van der Waals surface area contributed by atoms with Crippen LogP contribution >= 0.6 is 11.3 Å². The van der Waals surface area contributed by atoms with E-state index < -0.39 is 11.7 Å². The molecule has 3 heterocycles. The van der Waals surface area contributed by atoms with Crippen molar-refractivity contribution in [1.29, 1.82) is 0 Å². The summed E-state index contributed by atoms with van der Waals surface area (Å²) in [6.07, 6.45) is 0.0156. The molecule has 0 unspecified atom stereocenters. The summed E-state index contributed by atoms with van der Waals surface area (Å²) in [5, 5.41) is 2.78. The van der Waals surface area contributed by atoms with E-state index in [2.05, 4.69) is 9.97 Å². The number of aromatic nitrogens is 3. The van der Waals surface area contributed by atoms with E-state index in [9.17, 15) is 13.2 Å². The summed E-state index contributed by atoms with van der Waals surface area (Å²) in [7, 11) is 0. The van der Waals surface area contributed by atoms with Gasteiger partial charge in [0.2, 0.25) is 0 Å². The van der Waals surface area contributed by atoms with Gasteiger partial charge in [0.25, 0.3) is 0 Å². The second-order valence-electron chi connectivity index (χ2n) is 5.23. The minimum atomic E-state index is -4.37. The molecular formula is C17H10F3N3S. The van der Waals surface area contributed by atoms with E-state index in [0.29, 0.717) is 11.3 Å². The number of imidazole rings is 1. The van der Waals surface area contributed by atoms with E-state index >= 15 is 0 Å². The van der Waals surface area contributed by atoms with E-state index in [1.165, 1.54) is 21.8 Å². The van der Waals surface area contributed by atoms with Crippen LogP contribution in [0.1, 0.15) is 5.56 Å². The number of pyridine rings is 1. The molecule has 0 fully saturated rings. The van der Waals surface area contributed by atoms with Crippen LogP contribution in [0.3, 0.4) is 0 Å². The highest BCUT2D eigenvalue weighted by Gasteiger charge is 2.30. The molecule has 0 atom stereocenters. The normalized spacial score (nSPS) is 12.0. The summed E-state index contributed by atoms with van der Waals surface area (Å²) in [5.41, 5.74) is 2.18. The molecular weight excluding hydrogens is 335 g/mol. The zero-order valence-electron chi connectivity index (χ0n) is 12.2. The van der Waals surface area contributed by atoms with Crippen molar-refractivity contribution in [3.05, 3.63) is 65.9 Å². The third-order valence-corrected chi connectivity index (χ3v) is 4.44. The van der Waals surface area contributed by atoms with Crippen LogP contribution in [0.4, 0.5) is 13.2 Å². The van der Waals surface area contributed by atoms with Gasteiger partial charge in [-0.3, -0.25) is 0 Å². The predicted molar refractivity (Wildman–Crippen MR) is 86.7 cm³/mol. The monoisotopic (exact) mass is 345 g/mol. The van der Waals surface area contributed by atoms with Crippen molar-refractivity contribution in [2.24, 2.45) is 0 Å². The predicted octanol–water partition coefficient (Wildman–Crippen LogP) is 5.14. The second-order valence-corrected chi connectivity index (χ2v) is 6.12. The van der Waals surface area contributed by atoms with Gasteiger partial charge in [0.15, 0.2) is 0 Å². The van der Waals surface area contributed by atoms with Gasteiger partial charge in [-0.15, -0.1) is 11.3 Å². The Morgan fingerprint density at radius 3 is 2.58 bits per heavy atom. The Labute approximate surface area is 139 Å². The number of halogens is 3. The standard InChI is InChI=1S/C17H10F3N3S/c18-17(19,20)13-4-5-15-22-14(10-23(15)9-13)11-2-1-3-12(8-11)16-21-6-7-24-16/h1-10H. The quantitative estimate of drug-likeness (QED) is 0.503. The molecule has 0 amide bonds. The number of hydrogen-bond acceptors (Lipinski definition) is 3. The first-order valence-corrected chi connectivity index (χ1v) is 7.95. The van der Waals surface area contributed by atoms with Crippen LogP contribution in [0, 0.1) is 0 Å². The Hall–Kier alpha value is -2.67. The molecule has 0 radical (unpaired) electrons. The molecule has 0 aliphatic heterocycles. The van der Waals surface area contributed by atoms with Gasteiger partial charge in [0.1, 0.15) is 10.7 Å². The highest BCUT2D eigenvalue weighted by molar-refractivity contribution is 7.13. The Morgan fingerprint density at radius 2 is 1.83 bits per heavy atom. The molecule has 4 aromatic rings. The largest absolute Gasteiger partial charge is 0.417 e. The first kappa shape index (κ1) is 14.9. The third-order valence-electron chi connectivity index (χ3n) is 3.62. The van der Waals surface area contributed by atoms with Crippen LogP contribution in [0.2, 0.25) is 0 Å². The molecule has 0 saturated carbocycles. The van der Waals surface area contributed by atoms with Crippen molar-refractivity contribution in [2.45, 2.75) is 6.18 Å². The van der Waals surface area contributed by atoms with Gasteiger partial charge in [-0.05, 0) is 18.2 Å². The third kappa shape index (κ3) is 2.67. The van der Waals surface area contributed by atoms with Crippen molar-refractivity contribution in [1.82, 2.24) is 14.4 Å². The lowest BCUT2D eigenvalue weighted by Crippen LogP contribution is -2.05. The van der Waals surface area contributed by atoms with E-state index in [4.69, 9.17) is 0 Å². The molecule has 4 rings (SSSR count). The van der Waals surface area contributed by atoms with Crippen LogP contribution in [0.5, 0.6) is 0 Å². The fraction of sp³-hybridized carbons (Fsp3) is 0.0588. The molecule has 0 bridgehead atoms. The molecule has 24 heavy (non-hydrogen) atoms. The van der Waals surface area contributed by atoms with Crippen molar-refractivity contribution in [3.8, 4) is 21.8 Å². The lowest BCUT2D eigenvalue weighted by molar-refractivity contribution is -0.137. The number of rotatable bonds is 2. The number of benzene rings is 1. The summed E-state index contributed by atoms with van der Waals surface area (Å²) in [6.45, 7) is 0. The van der Waals surface area contributed by atoms with Gasteiger partial charge >= 0.3 is 6.18 Å². The van der Waals surface area contributed by atoms with Crippen molar-refractivity contribution in [2.75, 3.05) is 0 Å². The molecule has 0 spiro atoms. The van der Waals surface area contributed by atoms with Gasteiger partial charge in [0, 0.05) is 35.1 Å². The number of alkyl halides is 3. The fourth-order valence-corrected chi connectivity index (χ4v) is 3.11. The van der Waals surface area contributed by atoms with Gasteiger partial charge in [-0.1, -0.05) is 18.2 Å². The van der Waals surface area contributed by atoms with Crippen molar-refractivity contribution < 1.29 is 13.2 Å². The lowest BCUT2D eigenvalue weighted by Gasteiger charge is -2.05. The molecule has 0 aliphatic carbocycles. The smallest absolute Gasteiger partial charge is 0.306 e. The van der Waals surface area contributed by atoms with Gasteiger partial charge in [-0.25, -0.2) is 9.97 Å². The van der Waals surface area contributed by atoms with Crippen molar-refractivity contribution >= 4 is 17.0 Å². The maximum absolute atomic E-state index is 12.8. The summed E-state index contributed by atoms with van der Waals surface area (Å²) in [5.74, 6) is 0. The maximum atomic E-state index is 12.8. The maximum Gasteiger partial charge on any atom is 0.417 e. The Morgan fingerprint density at radius 1 is 1.00 bits per heavy atom. The SMILES string of the molecule is FC(F)(F)c1ccc2nc(-c3cccc(-c4nccs4)c3)cn2c1. The Balaban J connectivity index is 1.78. The first-order chi connectivity index (χ1) is 11.5. The lowest BCUT2D eigenvalue weighted by atomic mass is 10.1. The Bertz CT molecular complexity index is 1000. The van der Waals surface area contributed by atoms with Crippen LogP contribution < -0.4 is 0 Å². The summed E-state index contributed by atoms with van der Waals surface area (Å²) >= 11 is 1.53. The van der Waals surface area contributed by atoms with Crippen LogP contribution in [-0.4, -0.2) is 14.4 Å². The average Bonchev–Trinajstić information content (AvgIpc) is 3.23. The topological polar surface area (TPSA) is 30.2 Å². The van der Waals surface area contributed by atoms with E-state index in [-0.39, 0.29) is 0 Å². The summed E-state index contributed by atoms with van der Waals surface area (Å²) in [4.78, 5) is 8.68. The molecule has 3 aromatic heterocycles. The zero-order valence-corrected chi connectivity index (χ0v) is 13.0. The van der Waals surface area contributed by atoms with Gasteiger partial charge in [-0.2, -0.15) is 13.2 Å². The highest BCUT2D eigenvalue weighted by Crippen LogP contribution is 2.31. The zero-order chi connectivity index (χ0) is 16.7. The van der Waals surface area contributed by atoms with E-state index in [1.807, 2.05) is 29.6 Å².